The van der Waals surface area contributed by atoms with E-state index in [1.807, 2.05) is 27.6 Å². The topological polar surface area (TPSA) is 61.7 Å². The van der Waals surface area contributed by atoms with Crippen molar-refractivity contribution in [3.8, 4) is 0 Å². The van der Waals surface area contributed by atoms with Crippen LogP contribution in [0.15, 0.2) is 36.7 Å². The fraction of sp³-hybridized carbons (Fsp3) is 0.167. The number of aromatic nitrogens is 4. The fourth-order valence-electron chi connectivity index (χ4n) is 1.99. The van der Waals surface area contributed by atoms with Crippen molar-refractivity contribution >= 4 is 39.6 Å². The molecule has 0 atom stereocenters. The van der Waals surface area contributed by atoms with Gasteiger partial charge in [0.1, 0.15) is 0 Å². The van der Waals surface area contributed by atoms with Gasteiger partial charge in [0.15, 0.2) is 0 Å². The predicted molar refractivity (Wildman–Crippen MR) is 79.1 cm³/mol. The van der Waals surface area contributed by atoms with Crippen LogP contribution in [0.5, 0.6) is 0 Å². The van der Waals surface area contributed by atoms with Gasteiger partial charge in [0.05, 0.1) is 17.6 Å². The van der Waals surface area contributed by atoms with Crippen LogP contribution in [-0.4, -0.2) is 19.3 Å². The number of nitrogens with zero attached hydrogens (tertiary/aromatic N) is 4. The monoisotopic (exact) mass is 353 g/mol. The van der Waals surface area contributed by atoms with Crippen molar-refractivity contribution < 1.29 is 0 Å². The first-order valence-electron chi connectivity index (χ1n) is 5.63. The summed E-state index contributed by atoms with van der Waals surface area (Å²) in [7, 11) is 0. The zero-order valence-corrected chi connectivity index (χ0v) is 11.8. The Labute approximate surface area is 118 Å². The number of nitrogen functional groups attached to an aromatic ring is 1. The Kier molecular flexibility index (Phi) is 2.94. The maximum Gasteiger partial charge on any atom is 0.201 e. The van der Waals surface area contributed by atoms with Gasteiger partial charge in [-0.15, -0.1) is 0 Å². The van der Waals surface area contributed by atoms with Crippen molar-refractivity contribution in [1.82, 2.24) is 19.3 Å². The quantitative estimate of drug-likeness (QED) is 0.734. The minimum absolute atomic E-state index is 0.555. The van der Waals surface area contributed by atoms with Gasteiger partial charge in [0.25, 0.3) is 0 Å². The van der Waals surface area contributed by atoms with E-state index in [9.17, 15) is 0 Å². The second-order valence-corrected chi connectivity index (χ2v) is 5.27. The molecule has 2 heterocycles. The van der Waals surface area contributed by atoms with E-state index >= 15 is 0 Å². The van der Waals surface area contributed by atoms with E-state index in [-0.39, 0.29) is 0 Å². The number of halogens is 1. The minimum Gasteiger partial charge on any atom is -0.369 e. The van der Waals surface area contributed by atoms with Crippen molar-refractivity contribution in [3.05, 3.63) is 40.2 Å². The van der Waals surface area contributed by atoms with Gasteiger partial charge < -0.3 is 10.3 Å². The summed E-state index contributed by atoms with van der Waals surface area (Å²) in [5.74, 6) is 0.555. The molecule has 3 rings (SSSR count). The number of hydrogen-bond donors (Lipinski definition) is 1. The summed E-state index contributed by atoms with van der Waals surface area (Å²) in [6, 6.07) is 8.08. The van der Waals surface area contributed by atoms with Gasteiger partial charge in [0.2, 0.25) is 5.95 Å². The summed E-state index contributed by atoms with van der Waals surface area (Å²) in [5, 5.41) is 4.18. The first-order chi connectivity index (χ1) is 8.74. The Hall–Kier alpha value is -1.57. The van der Waals surface area contributed by atoms with Gasteiger partial charge in [-0.3, -0.25) is 4.68 Å². The number of aryl methyl sites for hydroxylation is 2. The van der Waals surface area contributed by atoms with Crippen molar-refractivity contribution in [2.24, 2.45) is 0 Å². The highest BCUT2D eigenvalue weighted by atomic mass is 127. The van der Waals surface area contributed by atoms with E-state index in [0.717, 1.165) is 27.7 Å². The Bertz CT molecular complexity index is 671. The molecule has 18 heavy (non-hydrogen) atoms. The van der Waals surface area contributed by atoms with E-state index in [1.54, 1.807) is 6.20 Å². The third-order valence-corrected chi connectivity index (χ3v) is 3.52. The largest absolute Gasteiger partial charge is 0.369 e. The van der Waals surface area contributed by atoms with Gasteiger partial charge in [-0.25, -0.2) is 4.98 Å². The molecule has 0 unspecified atom stereocenters. The predicted octanol–water partition coefficient (Wildman–Crippen LogP) is 2.12. The Morgan fingerprint density at radius 3 is 2.94 bits per heavy atom. The standard InChI is InChI=1S/C12H12IN5/c13-9-2-3-11-10(8-9)16-12(14)18(11)7-6-17-5-1-4-15-17/h1-5,8H,6-7H2,(H2,14,16). The van der Waals surface area contributed by atoms with Gasteiger partial charge in [-0.2, -0.15) is 5.10 Å². The third kappa shape index (κ3) is 2.07. The molecule has 0 amide bonds. The molecule has 3 aromatic rings. The molecule has 0 spiro atoms. The maximum atomic E-state index is 5.96. The highest BCUT2D eigenvalue weighted by Crippen LogP contribution is 2.20. The molecule has 0 radical (unpaired) electrons. The molecule has 2 N–H and O–H groups in total. The maximum absolute atomic E-state index is 5.96. The molecule has 0 aliphatic carbocycles. The second kappa shape index (κ2) is 4.60. The number of nitrogens with two attached hydrogens (primary N) is 1. The lowest BCUT2D eigenvalue weighted by atomic mass is 10.3. The molecule has 0 bridgehead atoms. The third-order valence-electron chi connectivity index (χ3n) is 2.85. The van der Waals surface area contributed by atoms with E-state index in [4.69, 9.17) is 5.73 Å². The van der Waals surface area contributed by atoms with Crippen LogP contribution in [0.25, 0.3) is 11.0 Å². The van der Waals surface area contributed by atoms with E-state index in [2.05, 4.69) is 44.8 Å². The summed E-state index contributed by atoms with van der Waals surface area (Å²) in [6.07, 6.45) is 3.72. The van der Waals surface area contributed by atoms with Crippen molar-refractivity contribution in [1.29, 1.82) is 0 Å². The summed E-state index contributed by atoms with van der Waals surface area (Å²) in [4.78, 5) is 4.38. The van der Waals surface area contributed by atoms with Crippen molar-refractivity contribution in [2.75, 3.05) is 5.73 Å². The zero-order chi connectivity index (χ0) is 12.5. The van der Waals surface area contributed by atoms with Crippen LogP contribution < -0.4 is 5.73 Å². The first kappa shape index (κ1) is 11.5. The molecule has 0 saturated heterocycles. The lowest BCUT2D eigenvalue weighted by Crippen LogP contribution is -2.10. The fourth-order valence-corrected chi connectivity index (χ4v) is 2.47. The number of rotatable bonds is 3. The molecule has 5 nitrogen and oxygen atoms in total. The minimum atomic E-state index is 0.555. The molecule has 0 saturated carbocycles. The zero-order valence-electron chi connectivity index (χ0n) is 9.62. The molecule has 0 fully saturated rings. The molecule has 0 aliphatic rings. The number of benzene rings is 1. The van der Waals surface area contributed by atoms with Crippen LogP contribution in [-0.2, 0) is 13.1 Å². The second-order valence-electron chi connectivity index (χ2n) is 4.02. The van der Waals surface area contributed by atoms with Crippen LogP contribution in [0.1, 0.15) is 0 Å². The SMILES string of the molecule is Nc1nc2cc(I)ccc2n1CCn1cccn1. The van der Waals surface area contributed by atoms with Gasteiger partial charge in [-0.1, -0.05) is 0 Å². The van der Waals surface area contributed by atoms with Crippen LogP contribution in [0.3, 0.4) is 0 Å². The number of fused-ring (bicyclic) bond motifs is 1. The summed E-state index contributed by atoms with van der Waals surface area (Å²) >= 11 is 2.27. The summed E-state index contributed by atoms with van der Waals surface area (Å²) in [5.41, 5.74) is 7.98. The summed E-state index contributed by atoms with van der Waals surface area (Å²) in [6.45, 7) is 1.55. The Morgan fingerprint density at radius 2 is 2.17 bits per heavy atom. The van der Waals surface area contributed by atoms with Gasteiger partial charge in [0, 0.05) is 22.5 Å². The van der Waals surface area contributed by atoms with Crippen LogP contribution in [0, 0.1) is 3.57 Å². The molecule has 0 aliphatic heterocycles. The number of hydrogen-bond acceptors (Lipinski definition) is 3. The van der Waals surface area contributed by atoms with Crippen LogP contribution >= 0.6 is 22.6 Å². The summed E-state index contributed by atoms with van der Waals surface area (Å²) < 4.78 is 5.07. The van der Waals surface area contributed by atoms with Crippen LogP contribution in [0.2, 0.25) is 0 Å². The van der Waals surface area contributed by atoms with Gasteiger partial charge in [-0.05, 0) is 46.9 Å². The smallest absolute Gasteiger partial charge is 0.201 e. The molecule has 92 valence electrons. The number of imidazole rings is 1. The normalized spacial score (nSPS) is 11.2. The molecule has 1 aromatic carbocycles. The Balaban J connectivity index is 1.93. The average molecular weight is 353 g/mol. The Morgan fingerprint density at radius 1 is 1.28 bits per heavy atom. The molecular formula is C12H12IN5. The lowest BCUT2D eigenvalue weighted by Gasteiger charge is -2.06. The van der Waals surface area contributed by atoms with Crippen LogP contribution in [0.4, 0.5) is 5.95 Å². The first-order valence-corrected chi connectivity index (χ1v) is 6.70. The highest BCUT2D eigenvalue weighted by Gasteiger charge is 2.08. The van der Waals surface area contributed by atoms with E-state index in [1.165, 1.54) is 0 Å². The molecule has 2 aromatic heterocycles. The molecule has 6 heteroatoms. The van der Waals surface area contributed by atoms with E-state index in [0.29, 0.717) is 5.95 Å². The van der Waals surface area contributed by atoms with Crippen molar-refractivity contribution in [2.45, 2.75) is 13.1 Å². The molecular weight excluding hydrogens is 341 g/mol. The van der Waals surface area contributed by atoms with Gasteiger partial charge >= 0.3 is 0 Å². The highest BCUT2D eigenvalue weighted by molar-refractivity contribution is 14.1. The average Bonchev–Trinajstić information content (AvgIpc) is 2.93. The lowest BCUT2D eigenvalue weighted by molar-refractivity contribution is 0.545. The van der Waals surface area contributed by atoms with E-state index < -0.39 is 0 Å². The number of anilines is 1. The van der Waals surface area contributed by atoms with Crippen molar-refractivity contribution in [3.63, 3.8) is 0 Å².